The number of rotatable bonds is 5. The number of nitriles is 1. The number of aromatic amines is 1. The second-order valence-corrected chi connectivity index (χ2v) is 4.05. The Balaban J connectivity index is 3.35. The normalized spacial score (nSPS) is 11.9. The molecule has 1 atom stereocenters. The summed E-state index contributed by atoms with van der Waals surface area (Å²) < 4.78 is 0. The Hall–Kier alpha value is -1.93. The molecule has 1 aromatic heterocycles. The third kappa shape index (κ3) is 2.84. The monoisotopic (exact) mass is 248 g/mol. The van der Waals surface area contributed by atoms with Crippen molar-refractivity contribution in [3.8, 4) is 6.07 Å². The minimum atomic E-state index is -1.10. The molecule has 0 aliphatic heterocycles. The Kier molecular flexibility index (Phi) is 4.81. The molecule has 0 spiro atoms. The lowest BCUT2D eigenvalue weighted by molar-refractivity contribution is 0.0739. The van der Waals surface area contributed by atoms with Crippen molar-refractivity contribution < 1.29 is 9.90 Å². The molecule has 1 unspecified atom stereocenters. The first-order valence-electron chi connectivity index (χ1n) is 5.93. The third-order valence-electron chi connectivity index (χ3n) is 2.70. The number of nitrogens with zero attached hydrogens (tertiary/aromatic N) is 1. The van der Waals surface area contributed by atoms with E-state index in [0.717, 1.165) is 6.42 Å². The maximum absolute atomic E-state index is 12.0. The lowest BCUT2D eigenvalue weighted by atomic mass is 9.99. The van der Waals surface area contributed by atoms with Crippen molar-refractivity contribution in [1.29, 1.82) is 5.26 Å². The maximum Gasteiger partial charge on any atom is 0.266 e. The fraction of sp³-hybridized carbons (Fsp3) is 0.462. The molecule has 96 valence electrons. The second-order valence-electron chi connectivity index (χ2n) is 4.05. The Labute approximate surface area is 105 Å². The van der Waals surface area contributed by atoms with Crippen molar-refractivity contribution in [1.82, 2.24) is 4.98 Å². The molecule has 0 amide bonds. The van der Waals surface area contributed by atoms with Crippen LogP contribution in [-0.4, -0.2) is 22.0 Å². The Morgan fingerprint density at radius 3 is 2.72 bits per heavy atom. The van der Waals surface area contributed by atoms with E-state index >= 15 is 0 Å². The number of Topliss-reactive ketones (excluding diaryl/α,β-unsaturated/α-hetero) is 1. The number of hydrogen-bond donors (Lipinski definition) is 2. The van der Waals surface area contributed by atoms with Gasteiger partial charge in [-0.15, -0.1) is 0 Å². The van der Waals surface area contributed by atoms with Gasteiger partial charge in [-0.05, 0) is 18.9 Å². The molecule has 1 rings (SSSR count). The first kappa shape index (κ1) is 14.1. The zero-order valence-corrected chi connectivity index (χ0v) is 10.5. The fourth-order valence-corrected chi connectivity index (χ4v) is 1.68. The number of carbonyl (C=O) groups is 1. The summed E-state index contributed by atoms with van der Waals surface area (Å²) in [5.74, 6) is -0.450. The first-order valence-corrected chi connectivity index (χ1v) is 5.93. The Morgan fingerprint density at radius 2 is 2.22 bits per heavy atom. The number of aliphatic hydroxyl groups excluding tert-OH is 1. The first-order chi connectivity index (χ1) is 8.54. The Bertz CT molecular complexity index is 540. The zero-order valence-electron chi connectivity index (χ0n) is 10.5. The van der Waals surface area contributed by atoms with Gasteiger partial charge in [0.25, 0.3) is 5.56 Å². The summed E-state index contributed by atoms with van der Waals surface area (Å²) in [5, 5.41) is 18.4. The van der Waals surface area contributed by atoms with Gasteiger partial charge in [-0.1, -0.05) is 20.3 Å². The van der Waals surface area contributed by atoms with Crippen molar-refractivity contribution in [3.05, 3.63) is 33.2 Å². The molecule has 1 aromatic rings. The number of pyridine rings is 1. The van der Waals surface area contributed by atoms with Crippen LogP contribution >= 0.6 is 0 Å². The standard InChI is InChI=1S/C13H16N2O3/c1-3-5-10-9(12(17)11(16)4-2)6-8(7-14)13(18)15-10/h6,11,16H,3-5H2,1-2H3,(H,15,18). The molecular weight excluding hydrogens is 232 g/mol. The van der Waals surface area contributed by atoms with E-state index in [4.69, 9.17) is 5.26 Å². The van der Waals surface area contributed by atoms with E-state index in [1.54, 1.807) is 13.0 Å². The second kappa shape index (κ2) is 6.12. The smallest absolute Gasteiger partial charge is 0.266 e. The van der Waals surface area contributed by atoms with Gasteiger partial charge in [0.15, 0.2) is 5.78 Å². The highest BCUT2D eigenvalue weighted by Crippen LogP contribution is 2.12. The van der Waals surface area contributed by atoms with E-state index in [1.807, 2.05) is 6.92 Å². The summed E-state index contributed by atoms with van der Waals surface area (Å²) in [5.41, 5.74) is 0.117. The highest BCUT2D eigenvalue weighted by molar-refractivity contribution is 6.00. The van der Waals surface area contributed by atoms with Gasteiger partial charge < -0.3 is 10.1 Å². The summed E-state index contributed by atoms with van der Waals surface area (Å²) in [6.45, 7) is 3.61. The van der Waals surface area contributed by atoms with Crippen molar-refractivity contribution in [3.63, 3.8) is 0 Å². The van der Waals surface area contributed by atoms with Crippen LogP contribution < -0.4 is 5.56 Å². The number of aromatic nitrogens is 1. The minimum Gasteiger partial charge on any atom is -0.385 e. The molecule has 5 heteroatoms. The summed E-state index contributed by atoms with van der Waals surface area (Å²) in [6.07, 6.45) is 0.479. The highest BCUT2D eigenvalue weighted by atomic mass is 16.3. The van der Waals surface area contributed by atoms with E-state index in [9.17, 15) is 14.7 Å². The van der Waals surface area contributed by atoms with Crippen LogP contribution in [0, 0.1) is 11.3 Å². The molecule has 0 aliphatic carbocycles. The minimum absolute atomic E-state index is 0.110. The topological polar surface area (TPSA) is 94.0 Å². The average Bonchev–Trinajstić information content (AvgIpc) is 2.37. The predicted molar refractivity (Wildman–Crippen MR) is 66.4 cm³/mol. The quantitative estimate of drug-likeness (QED) is 0.764. The summed E-state index contributed by atoms with van der Waals surface area (Å²) in [7, 11) is 0. The van der Waals surface area contributed by atoms with Gasteiger partial charge in [0, 0.05) is 11.3 Å². The van der Waals surface area contributed by atoms with Crippen LogP contribution in [0.15, 0.2) is 10.9 Å². The number of nitrogens with one attached hydrogen (secondary N) is 1. The van der Waals surface area contributed by atoms with E-state index in [-0.39, 0.29) is 11.1 Å². The summed E-state index contributed by atoms with van der Waals surface area (Å²) in [4.78, 5) is 26.0. The number of H-pyrrole nitrogens is 1. The SMILES string of the molecule is CCCc1[nH]c(=O)c(C#N)cc1C(=O)C(O)CC. The summed E-state index contributed by atoms with van der Waals surface area (Å²) in [6, 6.07) is 3.01. The number of carbonyl (C=O) groups excluding carboxylic acids is 1. The largest absolute Gasteiger partial charge is 0.385 e. The number of ketones is 1. The lowest BCUT2D eigenvalue weighted by Gasteiger charge is -2.11. The van der Waals surface area contributed by atoms with Crippen LogP contribution in [0.25, 0.3) is 0 Å². The number of aryl methyl sites for hydroxylation is 1. The van der Waals surface area contributed by atoms with Gasteiger partial charge in [0.05, 0.1) is 0 Å². The van der Waals surface area contributed by atoms with Gasteiger partial charge >= 0.3 is 0 Å². The average molecular weight is 248 g/mol. The molecule has 0 saturated carbocycles. The van der Waals surface area contributed by atoms with E-state index in [1.165, 1.54) is 6.07 Å². The van der Waals surface area contributed by atoms with Crippen LogP contribution in [0.5, 0.6) is 0 Å². The lowest BCUT2D eigenvalue weighted by Crippen LogP contribution is -2.24. The van der Waals surface area contributed by atoms with E-state index < -0.39 is 17.4 Å². The van der Waals surface area contributed by atoms with E-state index in [2.05, 4.69) is 4.98 Å². The van der Waals surface area contributed by atoms with Crippen molar-refractivity contribution in [2.24, 2.45) is 0 Å². The van der Waals surface area contributed by atoms with Crippen LogP contribution in [0.4, 0.5) is 0 Å². The van der Waals surface area contributed by atoms with Gasteiger partial charge in [0.2, 0.25) is 0 Å². The molecule has 0 bridgehead atoms. The van der Waals surface area contributed by atoms with Crippen molar-refractivity contribution >= 4 is 5.78 Å². The highest BCUT2D eigenvalue weighted by Gasteiger charge is 2.20. The molecule has 1 heterocycles. The number of hydrogen-bond acceptors (Lipinski definition) is 4. The Morgan fingerprint density at radius 1 is 1.56 bits per heavy atom. The molecule has 0 radical (unpaired) electrons. The van der Waals surface area contributed by atoms with E-state index in [0.29, 0.717) is 18.5 Å². The molecule has 18 heavy (non-hydrogen) atoms. The van der Waals surface area contributed by atoms with Crippen LogP contribution in [-0.2, 0) is 6.42 Å². The predicted octanol–water partition coefficient (Wildman–Crippen LogP) is 1.15. The maximum atomic E-state index is 12.0. The molecule has 2 N–H and O–H groups in total. The molecule has 0 aliphatic rings. The van der Waals surface area contributed by atoms with Gasteiger partial charge in [0.1, 0.15) is 17.7 Å². The molecule has 0 saturated heterocycles. The summed E-state index contributed by atoms with van der Waals surface area (Å²) >= 11 is 0. The van der Waals surface area contributed by atoms with Crippen LogP contribution in [0.3, 0.4) is 0 Å². The molecule has 0 aromatic carbocycles. The van der Waals surface area contributed by atoms with Crippen molar-refractivity contribution in [2.45, 2.75) is 39.2 Å². The van der Waals surface area contributed by atoms with Gasteiger partial charge in [-0.2, -0.15) is 5.26 Å². The van der Waals surface area contributed by atoms with Gasteiger partial charge in [-0.3, -0.25) is 9.59 Å². The van der Waals surface area contributed by atoms with Crippen LogP contribution in [0.1, 0.15) is 48.3 Å². The number of aliphatic hydroxyl groups is 1. The zero-order chi connectivity index (χ0) is 13.7. The van der Waals surface area contributed by atoms with Gasteiger partial charge in [-0.25, -0.2) is 0 Å². The third-order valence-corrected chi connectivity index (χ3v) is 2.70. The molecule has 5 nitrogen and oxygen atoms in total. The molecule has 0 fully saturated rings. The molecular formula is C13H16N2O3. The van der Waals surface area contributed by atoms with Crippen LogP contribution in [0.2, 0.25) is 0 Å². The van der Waals surface area contributed by atoms with Crippen molar-refractivity contribution in [2.75, 3.05) is 0 Å². The fourth-order valence-electron chi connectivity index (χ4n) is 1.68.